The fraction of sp³-hybridized carbons (Fsp3) is 0.172. The summed E-state index contributed by atoms with van der Waals surface area (Å²) >= 11 is 7.32. The minimum atomic E-state index is -0.609. The molecule has 11 heteroatoms. The van der Waals surface area contributed by atoms with Crippen LogP contribution in [0.25, 0.3) is 6.08 Å². The smallest absolute Gasteiger partial charge is 0.270 e. The Labute approximate surface area is 249 Å². The number of amides is 3. The minimum Gasteiger partial charge on any atom is -0.490 e. The number of carbonyl (C=O) groups is 3. The molecule has 206 valence electrons. The maximum absolute atomic E-state index is 13.4. The molecule has 1 saturated heterocycles. The van der Waals surface area contributed by atoms with Gasteiger partial charge in [0.15, 0.2) is 23.2 Å². The molecule has 8 nitrogen and oxygen atoms in total. The van der Waals surface area contributed by atoms with E-state index in [1.165, 1.54) is 35.2 Å². The van der Waals surface area contributed by atoms with Gasteiger partial charge in [-0.1, -0.05) is 19.1 Å². The van der Waals surface area contributed by atoms with Crippen molar-refractivity contribution >= 4 is 75.1 Å². The quantitative estimate of drug-likeness (QED) is 0.140. The number of hydrogen-bond acceptors (Lipinski definition) is 6. The van der Waals surface area contributed by atoms with Gasteiger partial charge in [0.05, 0.1) is 15.9 Å². The average molecular weight is 674 g/mol. The zero-order valence-electron chi connectivity index (χ0n) is 21.6. The van der Waals surface area contributed by atoms with Crippen molar-refractivity contribution in [2.24, 2.45) is 0 Å². The number of carbonyl (C=O) groups excluding carboxylic acids is 3. The average Bonchev–Trinajstić information content (AvgIpc) is 2.92. The van der Waals surface area contributed by atoms with E-state index in [0.29, 0.717) is 38.6 Å². The second kappa shape index (κ2) is 13.0. The fourth-order valence-corrected chi connectivity index (χ4v) is 4.94. The summed E-state index contributed by atoms with van der Waals surface area (Å²) in [6, 6.07) is 16.1. The summed E-state index contributed by atoms with van der Waals surface area (Å²) in [5.41, 5.74) is 2.50. The van der Waals surface area contributed by atoms with E-state index in [2.05, 4.69) is 10.6 Å². The van der Waals surface area contributed by atoms with E-state index < -0.39 is 23.5 Å². The van der Waals surface area contributed by atoms with Crippen molar-refractivity contribution in [3.05, 3.63) is 86.8 Å². The van der Waals surface area contributed by atoms with Gasteiger partial charge in [0.2, 0.25) is 0 Å². The molecule has 1 aliphatic heterocycles. The summed E-state index contributed by atoms with van der Waals surface area (Å²) in [6.07, 6.45) is 2.31. The fourth-order valence-electron chi connectivity index (χ4n) is 3.88. The summed E-state index contributed by atoms with van der Waals surface area (Å²) in [5.74, 6) is -1.35. The molecule has 0 unspecified atom stereocenters. The zero-order chi connectivity index (χ0) is 28.8. The van der Waals surface area contributed by atoms with Crippen molar-refractivity contribution in [2.75, 3.05) is 23.4 Å². The first-order valence-electron chi connectivity index (χ1n) is 12.3. The number of ether oxygens (including phenoxy) is 2. The van der Waals surface area contributed by atoms with E-state index in [0.717, 1.165) is 12.0 Å². The van der Waals surface area contributed by atoms with Crippen LogP contribution in [0.4, 0.5) is 15.8 Å². The molecule has 0 saturated carbocycles. The van der Waals surface area contributed by atoms with Gasteiger partial charge < -0.3 is 14.8 Å². The standard InChI is InChI=1S/C29H25FIN3O5S/c1-3-17-5-11-21(12-6-17)34-28(37)22(27(36)33-29(34)40)13-18-14-23(31)26(24(15-18)38-4-2)39-16-25(35)32-20-9-7-19(30)8-10-20/h5-15H,3-4,16H2,1-2H3,(H,32,35)(H,33,36,40)/b22-13+. The second-order valence-corrected chi connectivity index (χ2v) is 10.1. The summed E-state index contributed by atoms with van der Waals surface area (Å²) < 4.78 is 25.2. The highest BCUT2D eigenvalue weighted by atomic mass is 127. The van der Waals surface area contributed by atoms with Crippen LogP contribution in [0.3, 0.4) is 0 Å². The molecule has 2 N–H and O–H groups in total. The molecular weight excluding hydrogens is 648 g/mol. The molecule has 1 fully saturated rings. The van der Waals surface area contributed by atoms with Crippen LogP contribution in [0, 0.1) is 9.39 Å². The number of nitrogens with one attached hydrogen (secondary N) is 2. The Morgan fingerprint density at radius 2 is 1.77 bits per heavy atom. The summed E-state index contributed by atoms with van der Waals surface area (Å²) in [7, 11) is 0. The van der Waals surface area contributed by atoms with E-state index in [1.807, 2.05) is 41.6 Å². The van der Waals surface area contributed by atoms with Crippen molar-refractivity contribution in [1.29, 1.82) is 0 Å². The van der Waals surface area contributed by atoms with Crippen molar-refractivity contribution in [2.45, 2.75) is 20.3 Å². The lowest BCUT2D eigenvalue weighted by atomic mass is 10.1. The van der Waals surface area contributed by atoms with Gasteiger partial charge in [0, 0.05) is 5.69 Å². The van der Waals surface area contributed by atoms with Crippen molar-refractivity contribution < 1.29 is 28.2 Å². The molecule has 0 aromatic heterocycles. The number of hydrogen-bond donors (Lipinski definition) is 2. The Morgan fingerprint density at radius 3 is 2.42 bits per heavy atom. The zero-order valence-corrected chi connectivity index (χ0v) is 24.6. The number of thiocarbonyl (C=S) groups is 1. The van der Waals surface area contributed by atoms with E-state index in [1.54, 1.807) is 31.2 Å². The number of benzene rings is 3. The molecule has 4 rings (SSSR count). The molecule has 0 radical (unpaired) electrons. The topological polar surface area (TPSA) is 97.0 Å². The Kier molecular flexibility index (Phi) is 9.48. The lowest BCUT2D eigenvalue weighted by molar-refractivity contribution is -0.122. The predicted octanol–water partition coefficient (Wildman–Crippen LogP) is 5.24. The number of rotatable bonds is 9. The molecule has 40 heavy (non-hydrogen) atoms. The molecule has 1 aliphatic rings. The highest BCUT2D eigenvalue weighted by Gasteiger charge is 2.34. The molecule has 0 atom stereocenters. The molecule has 0 aliphatic carbocycles. The monoisotopic (exact) mass is 673 g/mol. The number of nitrogens with zero attached hydrogens (tertiary/aromatic N) is 1. The number of anilines is 2. The van der Waals surface area contributed by atoms with Gasteiger partial charge in [-0.25, -0.2) is 4.39 Å². The van der Waals surface area contributed by atoms with Crippen LogP contribution in [0.5, 0.6) is 11.5 Å². The Hall–Kier alpha value is -3.84. The number of halogens is 2. The van der Waals surface area contributed by atoms with E-state index in [-0.39, 0.29) is 17.3 Å². The lowest BCUT2D eigenvalue weighted by Gasteiger charge is -2.29. The van der Waals surface area contributed by atoms with Crippen molar-refractivity contribution in [3.63, 3.8) is 0 Å². The number of aryl methyl sites for hydroxylation is 1. The summed E-state index contributed by atoms with van der Waals surface area (Å²) in [4.78, 5) is 39.8. The lowest BCUT2D eigenvalue weighted by Crippen LogP contribution is -2.54. The first-order valence-corrected chi connectivity index (χ1v) is 13.8. The Morgan fingerprint density at radius 1 is 1.07 bits per heavy atom. The molecule has 0 spiro atoms. The first kappa shape index (κ1) is 29.2. The van der Waals surface area contributed by atoms with Gasteiger partial charge in [-0.3, -0.25) is 24.6 Å². The van der Waals surface area contributed by atoms with E-state index in [9.17, 15) is 18.8 Å². The summed E-state index contributed by atoms with van der Waals surface area (Å²) in [6.45, 7) is 3.81. The van der Waals surface area contributed by atoms with Crippen LogP contribution in [-0.2, 0) is 20.8 Å². The molecule has 3 amide bonds. The molecular formula is C29H25FIN3O5S. The van der Waals surface area contributed by atoms with E-state index in [4.69, 9.17) is 21.7 Å². The normalized spacial score (nSPS) is 14.2. The van der Waals surface area contributed by atoms with Gasteiger partial charge in [-0.2, -0.15) is 0 Å². The van der Waals surface area contributed by atoms with Crippen LogP contribution in [0.15, 0.2) is 66.2 Å². The molecule has 1 heterocycles. The SMILES string of the molecule is CCOc1cc(/C=C2\C(=O)NC(=S)N(c3ccc(CC)cc3)C2=O)cc(I)c1OCC(=O)Nc1ccc(F)cc1. The third kappa shape index (κ3) is 6.83. The van der Waals surface area contributed by atoms with Crippen LogP contribution >= 0.6 is 34.8 Å². The van der Waals surface area contributed by atoms with E-state index >= 15 is 0 Å². The predicted molar refractivity (Wildman–Crippen MR) is 163 cm³/mol. The summed E-state index contributed by atoms with van der Waals surface area (Å²) in [5, 5.41) is 5.22. The largest absolute Gasteiger partial charge is 0.490 e. The van der Waals surface area contributed by atoms with Gasteiger partial charge in [-0.15, -0.1) is 0 Å². The molecule has 0 bridgehead atoms. The third-order valence-corrected chi connectivity index (χ3v) is 6.91. The highest BCUT2D eigenvalue weighted by molar-refractivity contribution is 14.1. The third-order valence-electron chi connectivity index (χ3n) is 5.82. The van der Waals surface area contributed by atoms with Crippen molar-refractivity contribution in [1.82, 2.24) is 5.32 Å². The molecule has 3 aromatic rings. The van der Waals surface area contributed by atoms with Crippen LogP contribution in [-0.4, -0.2) is 36.0 Å². The van der Waals surface area contributed by atoms with Gasteiger partial charge >= 0.3 is 0 Å². The van der Waals surface area contributed by atoms with Gasteiger partial charge in [0.1, 0.15) is 11.4 Å². The van der Waals surface area contributed by atoms with Gasteiger partial charge in [0.25, 0.3) is 17.7 Å². The van der Waals surface area contributed by atoms with Crippen LogP contribution in [0.2, 0.25) is 0 Å². The Balaban J connectivity index is 1.57. The van der Waals surface area contributed by atoms with Gasteiger partial charge in [-0.05, 0) is 114 Å². The maximum atomic E-state index is 13.4. The van der Waals surface area contributed by atoms with Crippen LogP contribution < -0.4 is 25.0 Å². The Bertz CT molecular complexity index is 1490. The second-order valence-electron chi connectivity index (χ2n) is 8.58. The maximum Gasteiger partial charge on any atom is 0.270 e. The highest BCUT2D eigenvalue weighted by Crippen LogP contribution is 2.35. The molecule has 3 aromatic carbocycles. The first-order chi connectivity index (χ1) is 19.2. The minimum absolute atomic E-state index is 0.00338. The van der Waals surface area contributed by atoms with Crippen molar-refractivity contribution in [3.8, 4) is 11.5 Å². The van der Waals surface area contributed by atoms with Crippen LogP contribution in [0.1, 0.15) is 25.0 Å².